The summed E-state index contributed by atoms with van der Waals surface area (Å²) >= 11 is 0. The van der Waals surface area contributed by atoms with Crippen LogP contribution >= 0.6 is 0 Å². The number of esters is 1. The quantitative estimate of drug-likeness (QED) is 0.433. The number of nitro groups is 1. The maximum Gasteiger partial charge on any atom is 0.312 e. The molecular formula is C10H8N2O4. The fraction of sp³-hybridized carbons (Fsp3) is 0.200. The zero-order valence-electron chi connectivity index (χ0n) is 8.25. The Labute approximate surface area is 90.7 Å². The van der Waals surface area contributed by atoms with E-state index in [-0.39, 0.29) is 11.7 Å². The summed E-state index contributed by atoms with van der Waals surface area (Å²) in [5.74, 6) is 0.0690. The minimum Gasteiger partial charge on any atom is -0.412 e. The number of aliphatic imine (C=N–C) groups is 1. The minimum atomic E-state index is -0.480. The first-order valence-corrected chi connectivity index (χ1v) is 4.68. The van der Waals surface area contributed by atoms with Crippen molar-refractivity contribution in [3.05, 3.63) is 34.4 Å². The molecule has 0 aromatic heterocycles. The van der Waals surface area contributed by atoms with Crippen molar-refractivity contribution in [2.45, 2.75) is 12.8 Å². The van der Waals surface area contributed by atoms with Crippen LogP contribution in [0.1, 0.15) is 12.8 Å². The molecule has 0 N–H and O–H groups in total. The molecule has 82 valence electrons. The second-order valence-corrected chi connectivity index (χ2v) is 3.25. The molecule has 0 saturated carbocycles. The summed E-state index contributed by atoms with van der Waals surface area (Å²) in [6, 6.07) is 5.74. The van der Waals surface area contributed by atoms with Crippen molar-refractivity contribution in [3.63, 3.8) is 0 Å². The van der Waals surface area contributed by atoms with Gasteiger partial charge in [0.15, 0.2) is 5.90 Å². The van der Waals surface area contributed by atoms with Gasteiger partial charge in [-0.05, 0) is 12.1 Å². The Morgan fingerprint density at radius 2 is 1.94 bits per heavy atom. The minimum absolute atomic E-state index is 0.00682. The van der Waals surface area contributed by atoms with Crippen LogP contribution in [0.5, 0.6) is 0 Å². The van der Waals surface area contributed by atoms with Gasteiger partial charge in [-0.25, -0.2) is 4.99 Å². The highest BCUT2D eigenvalue weighted by Gasteiger charge is 2.18. The number of carbonyl (C=O) groups is 1. The van der Waals surface area contributed by atoms with E-state index in [9.17, 15) is 14.9 Å². The summed E-state index contributed by atoms with van der Waals surface area (Å²) < 4.78 is 4.82. The molecule has 1 saturated heterocycles. The van der Waals surface area contributed by atoms with Gasteiger partial charge in [0, 0.05) is 18.6 Å². The Hall–Kier alpha value is -2.24. The number of nitro benzene ring substituents is 1. The zero-order chi connectivity index (χ0) is 11.5. The van der Waals surface area contributed by atoms with Gasteiger partial charge in [0.2, 0.25) is 0 Å². The summed E-state index contributed by atoms with van der Waals surface area (Å²) in [6.07, 6.45) is 0.821. The second-order valence-electron chi connectivity index (χ2n) is 3.25. The molecule has 1 aliphatic rings. The van der Waals surface area contributed by atoms with Crippen LogP contribution in [0.3, 0.4) is 0 Å². The van der Waals surface area contributed by atoms with Crippen molar-refractivity contribution < 1.29 is 14.5 Å². The standard InChI is InChI=1S/C10H8N2O4/c13-10-6-5-9(16-10)11-7-1-3-8(4-2-7)12(14)15/h1-4H,5-6H2. The van der Waals surface area contributed by atoms with E-state index in [1.807, 2.05) is 0 Å². The van der Waals surface area contributed by atoms with Gasteiger partial charge < -0.3 is 4.74 Å². The SMILES string of the molecule is O=C1CCC(=Nc2ccc([N+](=O)[O-])cc2)O1. The fourth-order valence-corrected chi connectivity index (χ4v) is 1.31. The largest absolute Gasteiger partial charge is 0.412 e. The van der Waals surface area contributed by atoms with E-state index in [4.69, 9.17) is 4.74 Å². The first-order chi connectivity index (χ1) is 7.65. The Kier molecular flexibility index (Phi) is 2.63. The highest BCUT2D eigenvalue weighted by atomic mass is 16.6. The summed E-state index contributed by atoms with van der Waals surface area (Å²) in [7, 11) is 0. The van der Waals surface area contributed by atoms with Crippen LogP contribution in [-0.2, 0) is 9.53 Å². The van der Waals surface area contributed by atoms with E-state index in [2.05, 4.69) is 4.99 Å². The Bertz CT molecular complexity index is 464. The Morgan fingerprint density at radius 1 is 1.25 bits per heavy atom. The third kappa shape index (κ3) is 2.22. The number of rotatable bonds is 2. The van der Waals surface area contributed by atoms with Gasteiger partial charge in [0.25, 0.3) is 5.69 Å². The van der Waals surface area contributed by atoms with E-state index < -0.39 is 4.92 Å². The first-order valence-electron chi connectivity index (χ1n) is 4.68. The molecule has 0 bridgehead atoms. The Morgan fingerprint density at radius 3 is 2.44 bits per heavy atom. The molecule has 1 fully saturated rings. The van der Waals surface area contributed by atoms with Gasteiger partial charge in [-0.2, -0.15) is 0 Å². The number of benzene rings is 1. The van der Waals surface area contributed by atoms with Crippen LogP contribution in [-0.4, -0.2) is 16.8 Å². The molecule has 1 aliphatic heterocycles. The van der Waals surface area contributed by atoms with Crippen LogP contribution in [0, 0.1) is 10.1 Å². The lowest BCUT2D eigenvalue weighted by atomic mass is 10.3. The van der Waals surface area contributed by atoms with Crippen LogP contribution < -0.4 is 0 Å². The van der Waals surface area contributed by atoms with E-state index in [0.29, 0.717) is 24.4 Å². The van der Waals surface area contributed by atoms with Crippen molar-refractivity contribution in [2.24, 2.45) is 4.99 Å². The van der Waals surface area contributed by atoms with E-state index in [0.717, 1.165) is 0 Å². The summed E-state index contributed by atoms with van der Waals surface area (Å²) in [4.78, 5) is 24.8. The molecule has 1 heterocycles. The van der Waals surface area contributed by atoms with Gasteiger partial charge in [-0.1, -0.05) is 0 Å². The van der Waals surface area contributed by atoms with Crippen LogP contribution in [0.25, 0.3) is 0 Å². The average Bonchev–Trinajstić information content (AvgIpc) is 2.65. The Balaban J connectivity index is 2.16. The van der Waals surface area contributed by atoms with E-state index >= 15 is 0 Å². The van der Waals surface area contributed by atoms with Crippen LogP contribution in [0.2, 0.25) is 0 Å². The molecular weight excluding hydrogens is 212 g/mol. The second kappa shape index (κ2) is 4.09. The molecule has 0 amide bonds. The summed E-state index contributed by atoms with van der Waals surface area (Å²) in [5.41, 5.74) is 0.544. The molecule has 0 spiro atoms. The molecule has 0 aliphatic carbocycles. The van der Waals surface area contributed by atoms with Crippen molar-refractivity contribution in [3.8, 4) is 0 Å². The normalized spacial score (nSPS) is 17.5. The molecule has 1 aromatic rings. The molecule has 16 heavy (non-hydrogen) atoms. The molecule has 1 aromatic carbocycles. The molecule has 6 heteroatoms. The monoisotopic (exact) mass is 220 g/mol. The number of carbonyl (C=O) groups excluding carboxylic acids is 1. The maximum atomic E-state index is 10.8. The number of cyclic esters (lactones) is 1. The number of hydrogen-bond acceptors (Lipinski definition) is 5. The third-order valence-corrected chi connectivity index (χ3v) is 2.09. The van der Waals surface area contributed by atoms with Gasteiger partial charge in [0.1, 0.15) is 0 Å². The molecule has 0 atom stereocenters. The fourth-order valence-electron chi connectivity index (χ4n) is 1.31. The maximum absolute atomic E-state index is 10.8. The third-order valence-electron chi connectivity index (χ3n) is 2.09. The van der Waals surface area contributed by atoms with Crippen molar-refractivity contribution >= 4 is 23.2 Å². The predicted molar refractivity (Wildman–Crippen MR) is 55.5 cm³/mol. The van der Waals surface area contributed by atoms with Gasteiger partial charge in [-0.3, -0.25) is 14.9 Å². The van der Waals surface area contributed by atoms with Gasteiger partial charge in [0.05, 0.1) is 17.0 Å². The molecule has 6 nitrogen and oxygen atoms in total. The summed E-state index contributed by atoms with van der Waals surface area (Å²) in [5, 5.41) is 10.4. The first kappa shape index (κ1) is 10.3. The van der Waals surface area contributed by atoms with Crippen molar-refractivity contribution in [1.82, 2.24) is 0 Å². The number of hydrogen-bond donors (Lipinski definition) is 0. The molecule has 0 unspecified atom stereocenters. The van der Waals surface area contributed by atoms with Gasteiger partial charge >= 0.3 is 5.97 Å². The van der Waals surface area contributed by atoms with Gasteiger partial charge in [-0.15, -0.1) is 0 Å². The lowest BCUT2D eigenvalue weighted by molar-refractivity contribution is -0.384. The smallest absolute Gasteiger partial charge is 0.312 e. The predicted octanol–water partition coefficient (Wildman–Crippen LogP) is 1.96. The highest BCUT2D eigenvalue weighted by molar-refractivity contribution is 5.96. The number of ether oxygens (including phenoxy) is 1. The van der Waals surface area contributed by atoms with Crippen LogP contribution in [0.15, 0.2) is 29.3 Å². The molecule has 2 rings (SSSR count). The highest BCUT2D eigenvalue weighted by Crippen LogP contribution is 2.20. The van der Waals surface area contributed by atoms with E-state index in [1.54, 1.807) is 0 Å². The van der Waals surface area contributed by atoms with Crippen molar-refractivity contribution in [1.29, 1.82) is 0 Å². The van der Waals surface area contributed by atoms with Crippen molar-refractivity contribution in [2.75, 3.05) is 0 Å². The number of nitrogens with zero attached hydrogens (tertiary/aromatic N) is 2. The topological polar surface area (TPSA) is 81.8 Å². The lowest BCUT2D eigenvalue weighted by Crippen LogP contribution is -1.96. The molecule has 0 radical (unpaired) electrons. The lowest BCUT2D eigenvalue weighted by Gasteiger charge is -1.96. The van der Waals surface area contributed by atoms with Crippen LogP contribution in [0.4, 0.5) is 11.4 Å². The number of non-ortho nitro benzene ring substituents is 1. The summed E-state index contributed by atoms with van der Waals surface area (Å²) in [6.45, 7) is 0. The average molecular weight is 220 g/mol. The zero-order valence-corrected chi connectivity index (χ0v) is 8.25. The van der Waals surface area contributed by atoms with E-state index in [1.165, 1.54) is 24.3 Å².